The lowest BCUT2D eigenvalue weighted by molar-refractivity contribution is 0.203. The van der Waals surface area contributed by atoms with Gasteiger partial charge in [0, 0.05) is 32.9 Å². The molecular formula is C49H38N4O. The molecule has 8 aromatic carbocycles. The number of para-hydroxylation sites is 1. The molecule has 2 atom stereocenters. The second-order valence-corrected chi connectivity index (χ2v) is 13.9. The molecule has 10 rings (SSSR count). The Morgan fingerprint density at radius 3 is 1.57 bits per heavy atom. The van der Waals surface area contributed by atoms with Gasteiger partial charge in [-0.25, -0.2) is 0 Å². The number of nitrogens with one attached hydrogen (secondary N) is 3. The summed E-state index contributed by atoms with van der Waals surface area (Å²) < 4.78 is 6.85. The number of benzene rings is 8. The quantitative estimate of drug-likeness (QED) is 0.155. The van der Waals surface area contributed by atoms with E-state index in [1.54, 1.807) is 0 Å². The minimum atomic E-state index is -0.128. The molecule has 5 nitrogen and oxygen atoms in total. The molecule has 1 fully saturated rings. The Bertz CT molecular complexity index is 2670. The van der Waals surface area contributed by atoms with Crippen LogP contribution in [0.25, 0.3) is 43.8 Å². The molecule has 3 N–H and O–H groups in total. The fourth-order valence-electron chi connectivity index (χ4n) is 7.93. The van der Waals surface area contributed by atoms with Crippen LogP contribution in [0.3, 0.4) is 0 Å². The summed E-state index contributed by atoms with van der Waals surface area (Å²) in [7, 11) is 0. The van der Waals surface area contributed by atoms with Gasteiger partial charge in [0.25, 0.3) is 0 Å². The van der Waals surface area contributed by atoms with Gasteiger partial charge >= 0.3 is 0 Å². The maximum Gasteiger partial charge on any atom is 0.143 e. The van der Waals surface area contributed by atoms with Gasteiger partial charge in [-0.3, -0.25) is 16.0 Å². The van der Waals surface area contributed by atoms with Gasteiger partial charge in [-0.15, -0.1) is 0 Å². The lowest BCUT2D eigenvalue weighted by atomic mass is 10.00. The Balaban J connectivity index is 1.11. The molecule has 260 valence electrons. The van der Waals surface area contributed by atoms with Gasteiger partial charge in [-0.05, 0) is 64.2 Å². The van der Waals surface area contributed by atoms with Crippen molar-refractivity contribution < 1.29 is 4.42 Å². The van der Waals surface area contributed by atoms with Gasteiger partial charge < -0.3 is 9.32 Å². The van der Waals surface area contributed by atoms with Crippen LogP contribution in [0, 0.1) is 0 Å². The van der Waals surface area contributed by atoms with Crippen LogP contribution in [0.1, 0.15) is 35.2 Å². The molecule has 2 heterocycles. The van der Waals surface area contributed by atoms with E-state index in [0.29, 0.717) is 0 Å². The highest BCUT2D eigenvalue weighted by Crippen LogP contribution is 2.45. The fraction of sp³-hybridized carbons (Fsp3) is 0.0612. The van der Waals surface area contributed by atoms with Crippen molar-refractivity contribution in [1.82, 2.24) is 16.0 Å². The van der Waals surface area contributed by atoms with Crippen LogP contribution in [0.15, 0.2) is 199 Å². The molecule has 9 aromatic rings. The number of hydrogen-bond donors (Lipinski definition) is 3. The summed E-state index contributed by atoms with van der Waals surface area (Å²) in [5.74, 6) is 0. The third-order valence-corrected chi connectivity index (χ3v) is 10.5. The van der Waals surface area contributed by atoms with Crippen LogP contribution in [0.2, 0.25) is 0 Å². The molecule has 1 saturated heterocycles. The SMILES string of the molecule is c1ccc(-c2cccc(N(c3ccccc3)c3cc4c5ccc(C6NC(c7ccccc7)NC(c7ccccc7)N6)cc5oc4c4ccccc34)c2)cc1. The van der Waals surface area contributed by atoms with Crippen molar-refractivity contribution in [2.45, 2.75) is 18.5 Å². The first kappa shape index (κ1) is 32.2. The van der Waals surface area contributed by atoms with Gasteiger partial charge in [0.2, 0.25) is 0 Å². The first-order valence-electron chi connectivity index (χ1n) is 18.5. The molecule has 54 heavy (non-hydrogen) atoms. The van der Waals surface area contributed by atoms with Gasteiger partial charge in [0.05, 0.1) is 24.2 Å². The topological polar surface area (TPSA) is 52.5 Å². The average Bonchev–Trinajstić information content (AvgIpc) is 3.63. The Morgan fingerprint density at radius 1 is 0.370 bits per heavy atom. The maximum atomic E-state index is 6.85. The molecular weight excluding hydrogens is 661 g/mol. The summed E-state index contributed by atoms with van der Waals surface area (Å²) in [5.41, 5.74) is 10.9. The molecule has 0 saturated carbocycles. The maximum absolute atomic E-state index is 6.85. The van der Waals surface area contributed by atoms with Crippen LogP contribution in [-0.4, -0.2) is 0 Å². The van der Waals surface area contributed by atoms with Crippen molar-refractivity contribution in [2.24, 2.45) is 0 Å². The molecule has 1 aliphatic rings. The molecule has 1 aliphatic heterocycles. The first-order chi connectivity index (χ1) is 26.8. The highest BCUT2D eigenvalue weighted by Gasteiger charge is 2.30. The van der Waals surface area contributed by atoms with Crippen molar-refractivity contribution >= 4 is 49.8 Å². The normalized spacial score (nSPS) is 17.2. The van der Waals surface area contributed by atoms with E-state index in [1.165, 1.54) is 22.3 Å². The van der Waals surface area contributed by atoms with Crippen LogP contribution in [-0.2, 0) is 0 Å². The summed E-state index contributed by atoms with van der Waals surface area (Å²) in [6.45, 7) is 0. The number of furan rings is 1. The van der Waals surface area contributed by atoms with Crippen LogP contribution in [0.5, 0.6) is 0 Å². The zero-order chi connectivity index (χ0) is 35.8. The van der Waals surface area contributed by atoms with E-state index in [0.717, 1.165) is 55.3 Å². The molecule has 2 unspecified atom stereocenters. The first-order valence-corrected chi connectivity index (χ1v) is 18.5. The van der Waals surface area contributed by atoms with E-state index in [9.17, 15) is 0 Å². The summed E-state index contributed by atoms with van der Waals surface area (Å²) in [6, 6.07) is 68.7. The van der Waals surface area contributed by atoms with E-state index < -0.39 is 0 Å². The lowest BCUT2D eigenvalue weighted by Gasteiger charge is -2.39. The molecule has 0 bridgehead atoms. The molecule has 0 aliphatic carbocycles. The Morgan fingerprint density at radius 2 is 0.907 bits per heavy atom. The number of fused-ring (bicyclic) bond motifs is 5. The van der Waals surface area contributed by atoms with E-state index in [2.05, 4.69) is 215 Å². The van der Waals surface area contributed by atoms with E-state index >= 15 is 0 Å². The summed E-state index contributed by atoms with van der Waals surface area (Å²) in [4.78, 5) is 2.37. The highest BCUT2D eigenvalue weighted by molar-refractivity contribution is 6.19. The average molecular weight is 699 g/mol. The van der Waals surface area contributed by atoms with Crippen LogP contribution < -0.4 is 20.9 Å². The predicted octanol–water partition coefficient (Wildman–Crippen LogP) is 12.1. The number of nitrogens with zero attached hydrogens (tertiary/aromatic N) is 1. The minimum absolute atomic E-state index is 0.0510. The van der Waals surface area contributed by atoms with Crippen molar-refractivity contribution in [2.75, 3.05) is 4.90 Å². The van der Waals surface area contributed by atoms with Crippen molar-refractivity contribution in [3.8, 4) is 11.1 Å². The molecule has 0 radical (unpaired) electrons. The monoisotopic (exact) mass is 698 g/mol. The smallest absolute Gasteiger partial charge is 0.143 e. The second-order valence-electron chi connectivity index (χ2n) is 13.9. The van der Waals surface area contributed by atoms with E-state index in [4.69, 9.17) is 4.42 Å². The van der Waals surface area contributed by atoms with Crippen molar-refractivity contribution in [3.63, 3.8) is 0 Å². The Labute approximate surface area is 314 Å². The van der Waals surface area contributed by atoms with E-state index in [-0.39, 0.29) is 18.5 Å². The molecule has 5 heteroatoms. The number of anilines is 3. The third-order valence-electron chi connectivity index (χ3n) is 10.5. The van der Waals surface area contributed by atoms with Crippen molar-refractivity contribution in [3.05, 3.63) is 211 Å². The third kappa shape index (κ3) is 5.91. The second kappa shape index (κ2) is 13.8. The van der Waals surface area contributed by atoms with Crippen LogP contribution >= 0.6 is 0 Å². The van der Waals surface area contributed by atoms with Gasteiger partial charge in [-0.2, -0.15) is 0 Å². The van der Waals surface area contributed by atoms with Gasteiger partial charge in [0.15, 0.2) is 0 Å². The lowest BCUT2D eigenvalue weighted by Crippen LogP contribution is -2.54. The number of rotatable bonds is 7. The standard InChI is InChI=1S/C49H38N4O/c1-5-16-33(17-6-1)36-22-15-25-39(30-36)53(38-23-11-4-12-24-38)44-32-43-41-29-28-37(31-45(41)54-46(43)42-27-14-13-26-40(42)44)49-51-47(34-18-7-2-8-19-34)50-48(52-49)35-20-9-3-10-21-35/h1-32,47-52H. The Kier molecular flexibility index (Phi) is 8.23. The van der Waals surface area contributed by atoms with E-state index in [1.807, 2.05) is 0 Å². The van der Waals surface area contributed by atoms with Gasteiger partial charge in [-0.1, -0.05) is 158 Å². The highest BCUT2D eigenvalue weighted by atomic mass is 16.3. The zero-order valence-corrected chi connectivity index (χ0v) is 29.6. The Hall–Kier alpha value is -6.50. The number of hydrogen-bond acceptors (Lipinski definition) is 5. The summed E-state index contributed by atoms with van der Waals surface area (Å²) in [6.07, 6.45) is -0.230. The fourth-order valence-corrected chi connectivity index (χ4v) is 7.93. The van der Waals surface area contributed by atoms with Crippen molar-refractivity contribution in [1.29, 1.82) is 0 Å². The minimum Gasteiger partial charge on any atom is -0.455 e. The predicted molar refractivity (Wildman–Crippen MR) is 222 cm³/mol. The largest absolute Gasteiger partial charge is 0.455 e. The molecule has 0 amide bonds. The molecule has 1 aromatic heterocycles. The summed E-state index contributed by atoms with van der Waals surface area (Å²) in [5, 5.41) is 15.8. The summed E-state index contributed by atoms with van der Waals surface area (Å²) >= 11 is 0. The molecule has 0 spiro atoms. The van der Waals surface area contributed by atoms with Crippen LogP contribution in [0.4, 0.5) is 17.1 Å². The zero-order valence-electron chi connectivity index (χ0n) is 29.6. The van der Waals surface area contributed by atoms with Gasteiger partial charge in [0.1, 0.15) is 11.2 Å².